The molecule has 0 unspecified atom stereocenters. The van der Waals surface area contributed by atoms with Crippen molar-refractivity contribution in [2.45, 2.75) is 20.4 Å². The third-order valence-electron chi connectivity index (χ3n) is 3.25. The zero-order chi connectivity index (χ0) is 13.8. The highest BCUT2D eigenvalue weighted by molar-refractivity contribution is 6.31. The van der Waals surface area contributed by atoms with E-state index in [1.807, 2.05) is 12.1 Å². The van der Waals surface area contributed by atoms with Crippen LogP contribution in [-0.2, 0) is 6.54 Å². The lowest BCUT2D eigenvalue weighted by Gasteiger charge is -2.26. The number of rotatable bonds is 4. The molecule has 0 aliphatic carbocycles. The average Bonchev–Trinajstić information content (AvgIpc) is 2.42. The number of hydrogen-bond acceptors (Lipinski definition) is 2. The van der Waals surface area contributed by atoms with Crippen LogP contribution >= 0.6 is 11.6 Å². The maximum absolute atomic E-state index is 6.24. The molecular weight excluding hydrogens is 256 g/mol. The number of anilines is 2. The van der Waals surface area contributed by atoms with Gasteiger partial charge in [0.15, 0.2) is 0 Å². The molecule has 2 aromatic rings. The Morgan fingerprint density at radius 3 is 2.37 bits per heavy atom. The highest BCUT2D eigenvalue weighted by Crippen LogP contribution is 2.32. The molecule has 0 fully saturated rings. The van der Waals surface area contributed by atoms with Gasteiger partial charge in [-0.25, -0.2) is 0 Å². The molecule has 0 aliphatic heterocycles. The molecule has 19 heavy (non-hydrogen) atoms. The van der Waals surface area contributed by atoms with Crippen LogP contribution in [0.2, 0.25) is 5.02 Å². The Bertz CT molecular complexity index is 549. The molecule has 0 bridgehead atoms. The Kier molecular flexibility index (Phi) is 4.46. The van der Waals surface area contributed by atoms with E-state index in [1.54, 1.807) is 0 Å². The van der Waals surface area contributed by atoms with Crippen LogP contribution in [0.4, 0.5) is 11.4 Å². The van der Waals surface area contributed by atoms with Gasteiger partial charge in [0.1, 0.15) is 0 Å². The summed E-state index contributed by atoms with van der Waals surface area (Å²) in [6.07, 6.45) is 0. The van der Waals surface area contributed by atoms with Gasteiger partial charge in [0.2, 0.25) is 0 Å². The number of aryl methyl sites for hydroxylation is 1. The zero-order valence-corrected chi connectivity index (χ0v) is 12.1. The fourth-order valence-corrected chi connectivity index (χ4v) is 2.47. The fourth-order valence-electron chi connectivity index (χ4n) is 2.22. The SMILES string of the molecule is CCN(c1ccc(C)cc1)c1cccc(Cl)c1CN. The predicted octanol–water partition coefficient (Wildman–Crippen LogP) is 4.27. The predicted molar refractivity (Wildman–Crippen MR) is 83.2 cm³/mol. The first kappa shape index (κ1) is 13.9. The smallest absolute Gasteiger partial charge is 0.0471 e. The van der Waals surface area contributed by atoms with E-state index < -0.39 is 0 Å². The van der Waals surface area contributed by atoms with Crippen molar-refractivity contribution in [3.63, 3.8) is 0 Å². The Hall–Kier alpha value is -1.51. The molecular formula is C16H19ClN2. The second-order valence-electron chi connectivity index (χ2n) is 4.52. The minimum atomic E-state index is 0.442. The Balaban J connectivity index is 2.48. The number of nitrogens with two attached hydrogens (primary N) is 1. The van der Waals surface area contributed by atoms with Crippen molar-refractivity contribution in [3.05, 3.63) is 58.6 Å². The second-order valence-corrected chi connectivity index (χ2v) is 4.93. The maximum atomic E-state index is 6.24. The average molecular weight is 275 g/mol. The topological polar surface area (TPSA) is 29.3 Å². The maximum Gasteiger partial charge on any atom is 0.0471 e. The highest BCUT2D eigenvalue weighted by atomic mass is 35.5. The van der Waals surface area contributed by atoms with Gasteiger partial charge in [-0.15, -0.1) is 0 Å². The van der Waals surface area contributed by atoms with Crippen molar-refractivity contribution in [1.29, 1.82) is 0 Å². The number of benzene rings is 2. The van der Waals surface area contributed by atoms with Crippen molar-refractivity contribution in [3.8, 4) is 0 Å². The molecule has 3 heteroatoms. The first-order valence-corrected chi connectivity index (χ1v) is 6.86. The van der Waals surface area contributed by atoms with Crippen LogP contribution in [0.5, 0.6) is 0 Å². The summed E-state index contributed by atoms with van der Waals surface area (Å²) in [5.74, 6) is 0. The van der Waals surface area contributed by atoms with E-state index in [1.165, 1.54) is 5.56 Å². The molecule has 0 saturated heterocycles. The van der Waals surface area contributed by atoms with Crippen LogP contribution in [0.15, 0.2) is 42.5 Å². The van der Waals surface area contributed by atoms with Gasteiger partial charge in [-0.3, -0.25) is 0 Å². The first-order chi connectivity index (χ1) is 9.17. The van der Waals surface area contributed by atoms with Gasteiger partial charge in [-0.05, 0) is 38.1 Å². The van der Waals surface area contributed by atoms with E-state index in [0.717, 1.165) is 28.5 Å². The fraction of sp³-hybridized carbons (Fsp3) is 0.250. The highest BCUT2D eigenvalue weighted by Gasteiger charge is 2.13. The number of halogens is 1. The van der Waals surface area contributed by atoms with E-state index in [-0.39, 0.29) is 0 Å². The van der Waals surface area contributed by atoms with Crippen LogP contribution in [0.1, 0.15) is 18.1 Å². The zero-order valence-electron chi connectivity index (χ0n) is 11.4. The van der Waals surface area contributed by atoms with E-state index in [4.69, 9.17) is 17.3 Å². The normalized spacial score (nSPS) is 10.5. The number of nitrogens with zero attached hydrogens (tertiary/aromatic N) is 1. The molecule has 0 spiro atoms. The summed E-state index contributed by atoms with van der Waals surface area (Å²) in [6, 6.07) is 14.4. The van der Waals surface area contributed by atoms with Gasteiger partial charge in [-0.1, -0.05) is 35.4 Å². The third kappa shape index (κ3) is 2.91. The van der Waals surface area contributed by atoms with Gasteiger partial charge in [0, 0.05) is 35.1 Å². The Labute approximate surface area is 119 Å². The van der Waals surface area contributed by atoms with E-state index >= 15 is 0 Å². The Morgan fingerprint density at radius 1 is 1.11 bits per heavy atom. The second kappa shape index (κ2) is 6.09. The standard InChI is InChI=1S/C16H19ClN2/c1-3-19(13-9-7-12(2)8-10-13)16-6-4-5-15(17)14(16)11-18/h4-10H,3,11,18H2,1-2H3. The minimum Gasteiger partial charge on any atom is -0.341 e. The van der Waals surface area contributed by atoms with Crippen LogP contribution in [0, 0.1) is 6.92 Å². The van der Waals surface area contributed by atoms with Gasteiger partial charge < -0.3 is 10.6 Å². The van der Waals surface area contributed by atoms with Crippen LogP contribution < -0.4 is 10.6 Å². The summed E-state index contributed by atoms with van der Waals surface area (Å²) in [5, 5.41) is 0.727. The van der Waals surface area contributed by atoms with Gasteiger partial charge in [0.05, 0.1) is 0 Å². The summed E-state index contributed by atoms with van der Waals surface area (Å²) in [7, 11) is 0. The largest absolute Gasteiger partial charge is 0.341 e. The molecule has 0 radical (unpaired) electrons. The van der Waals surface area contributed by atoms with Crippen molar-refractivity contribution in [2.75, 3.05) is 11.4 Å². The molecule has 0 saturated carbocycles. The molecule has 2 nitrogen and oxygen atoms in total. The van der Waals surface area contributed by atoms with Crippen molar-refractivity contribution < 1.29 is 0 Å². The third-order valence-corrected chi connectivity index (χ3v) is 3.61. The van der Waals surface area contributed by atoms with Crippen molar-refractivity contribution in [1.82, 2.24) is 0 Å². The van der Waals surface area contributed by atoms with E-state index in [9.17, 15) is 0 Å². The molecule has 2 aromatic carbocycles. The molecule has 100 valence electrons. The molecule has 2 N–H and O–H groups in total. The molecule has 2 rings (SSSR count). The van der Waals surface area contributed by atoms with Crippen LogP contribution in [-0.4, -0.2) is 6.54 Å². The first-order valence-electron chi connectivity index (χ1n) is 6.49. The summed E-state index contributed by atoms with van der Waals surface area (Å²) in [6.45, 7) is 5.53. The van der Waals surface area contributed by atoms with Gasteiger partial charge >= 0.3 is 0 Å². The quantitative estimate of drug-likeness (QED) is 0.902. The number of hydrogen-bond donors (Lipinski definition) is 1. The van der Waals surface area contributed by atoms with Crippen molar-refractivity contribution >= 4 is 23.0 Å². The summed E-state index contributed by atoms with van der Waals surface area (Å²) in [5.41, 5.74) is 10.3. The van der Waals surface area contributed by atoms with Crippen LogP contribution in [0.3, 0.4) is 0 Å². The Morgan fingerprint density at radius 2 is 1.79 bits per heavy atom. The lowest BCUT2D eigenvalue weighted by Crippen LogP contribution is -2.18. The summed E-state index contributed by atoms with van der Waals surface area (Å²) >= 11 is 6.24. The molecule has 0 heterocycles. The van der Waals surface area contributed by atoms with Gasteiger partial charge in [0.25, 0.3) is 0 Å². The van der Waals surface area contributed by atoms with Gasteiger partial charge in [-0.2, -0.15) is 0 Å². The minimum absolute atomic E-state index is 0.442. The summed E-state index contributed by atoms with van der Waals surface area (Å²) < 4.78 is 0. The van der Waals surface area contributed by atoms with E-state index in [0.29, 0.717) is 6.54 Å². The lowest BCUT2D eigenvalue weighted by atomic mass is 10.1. The van der Waals surface area contributed by atoms with Crippen LogP contribution in [0.25, 0.3) is 0 Å². The van der Waals surface area contributed by atoms with E-state index in [2.05, 4.69) is 49.1 Å². The van der Waals surface area contributed by atoms with Crippen molar-refractivity contribution in [2.24, 2.45) is 5.73 Å². The molecule has 0 atom stereocenters. The molecule has 0 aliphatic rings. The lowest BCUT2D eigenvalue weighted by molar-refractivity contribution is 0.983. The molecule has 0 aromatic heterocycles. The monoisotopic (exact) mass is 274 g/mol. The summed E-state index contributed by atoms with van der Waals surface area (Å²) in [4.78, 5) is 2.23. The molecule has 0 amide bonds.